The van der Waals surface area contributed by atoms with Crippen LogP contribution in [0.1, 0.15) is 46.7 Å². The molecule has 0 spiro atoms. The van der Waals surface area contributed by atoms with Crippen molar-refractivity contribution in [3.05, 3.63) is 77.5 Å². The molecule has 2 N–H and O–H groups in total. The van der Waals surface area contributed by atoms with Crippen molar-refractivity contribution in [1.82, 2.24) is 24.8 Å². The molecule has 1 aliphatic heterocycles. The first-order chi connectivity index (χ1) is 19.2. The van der Waals surface area contributed by atoms with Gasteiger partial charge in [-0.25, -0.2) is 8.42 Å². The van der Waals surface area contributed by atoms with Crippen LogP contribution in [0.5, 0.6) is 0 Å². The number of aromatic nitrogens is 1. The number of pyridine rings is 1. The Morgan fingerprint density at radius 1 is 1.05 bits per heavy atom. The predicted octanol–water partition coefficient (Wildman–Crippen LogP) is 2.67. The highest BCUT2D eigenvalue weighted by atomic mass is 32.2. The van der Waals surface area contributed by atoms with Gasteiger partial charge in [-0.1, -0.05) is 48.0 Å². The summed E-state index contributed by atoms with van der Waals surface area (Å²) in [5, 5.41) is 7.40. The summed E-state index contributed by atoms with van der Waals surface area (Å²) in [6.45, 7) is 3.94. The Labute approximate surface area is 236 Å². The second-order valence-electron chi connectivity index (χ2n) is 10.9. The number of sulfonamides is 1. The predicted molar refractivity (Wildman–Crippen MR) is 156 cm³/mol. The van der Waals surface area contributed by atoms with E-state index in [0.717, 1.165) is 23.9 Å². The fourth-order valence-corrected chi connectivity index (χ4v) is 6.18. The normalized spacial score (nSPS) is 20.3. The molecule has 212 valence electrons. The standard InChI is InChI=1S/C30H37N5O4S/c1-21-9-11-22(12-10-21)25-19-28(25)31-13-5-8-27(30(37)34-14-16-35(17-15-34)40(2,38)39)33-29(36)24-18-23-6-3-4-7-26(23)32-20-24/h3-4,6-7,9-12,18,20,25,27-28,31H,5,8,13-17,19H2,1-2H3,(H,33,36)/t25-,27-,28+/m0/s1. The van der Waals surface area contributed by atoms with E-state index in [1.807, 2.05) is 24.3 Å². The van der Waals surface area contributed by atoms with E-state index in [-0.39, 0.29) is 24.9 Å². The summed E-state index contributed by atoms with van der Waals surface area (Å²) >= 11 is 0. The van der Waals surface area contributed by atoms with Crippen molar-refractivity contribution in [2.45, 2.75) is 44.2 Å². The number of carbonyl (C=O) groups excluding carboxylic acids is 2. The molecule has 2 heterocycles. The number of piperazine rings is 1. The van der Waals surface area contributed by atoms with E-state index >= 15 is 0 Å². The van der Waals surface area contributed by atoms with Crippen molar-refractivity contribution in [2.24, 2.45) is 0 Å². The van der Waals surface area contributed by atoms with Gasteiger partial charge in [-0.2, -0.15) is 4.31 Å². The maximum atomic E-state index is 13.5. The van der Waals surface area contributed by atoms with Crippen LogP contribution in [0.3, 0.4) is 0 Å². The first kappa shape index (κ1) is 28.2. The molecule has 5 rings (SSSR count). The summed E-state index contributed by atoms with van der Waals surface area (Å²) in [5.41, 5.74) is 3.80. The molecule has 10 heteroatoms. The van der Waals surface area contributed by atoms with Gasteiger partial charge in [0.1, 0.15) is 6.04 Å². The monoisotopic (exact) mass is 563 g/mol. The molecule has 9 nitrogen and oxygen atoms in total. The Balaban J connectivity index is 1.20. The van der Waals surface area contributed by atoms with Crippen LogP contribution in [0.25, 0.3) is 10.9 Å². The average molecular weight is 564 g/mol. The van der Waals surface area contributed by atoms with Gasteiger partial charge in [0.25, 0.3) is 5.91 Å². The molecule has 1 aromatic heterocycles. The summed E-state index contributed by atoms with van der Waals surface area (Å²) in [5.74, 6) is -0.00978. The van der Waals surface area contributed by atoms with E-state index in [1.165, 1.54) is 27.9 Å². The van der Waals surface area contributed by atoms with Crippen LogP contribution in [0.4, 0.5) is 0 Å². The van der Waals surface area contributed by atoms with Gasteiger partial charge in [0.15, 0.2) is 0 Å². The minimum Gasteiger partial charge on any atom is -0.340 e. The Kier molecular flexibility index (Phi) is 8.48. The second-order valence-corrected chi connectivity index (χ2v) is 12.9. The molecule has 0 unspecified atom stereocenters. The van der Waals surface area contributed by atoms with Gasteiger partial charge in [0.2, 0.25) is 15.9 Å². The van der Waals surface area contributed by atoms with Crippen molar-refractivity contribution in [3.63, 3.8) is 0 Å². The molecular formula is C30H37N5O4S. The minimum absolute atomic E-state index is 0.181. The van der Waals surface area contributed by atoms with Gasteiger partial charge in [0.05, 0.1) is 17.3 Å². The number of fused-ring (bicyclic) bond motifs is 1. The molecular weight excluding hydrogens is 526 g/mol. The first-order valence-electron chi connectivity index (χ1n) is 13.9. The van der Waals surface area contributed by atoms with Crippen LogP contribution >= 0.6 is 0 Å². The number of nitrogens with one attached hydrogen (secondary N) is 2. The molecule has 40 heavy (non-hydrogen) atoms. The lowest BCUT2D eigenvalue weighted by atomic mass is 10.1. The Morgan fingerprint density at radius 3 is 2.50 bits per heavy atom. The number of benzene rings is 2. The molecule has 2 fully saturated rings. The molecule has 0 radical (unpaired) electrons. The number of aryl methyl sites for hydroxylation is 1. The lowest BCUT2D eigenvalue weighted by Gasteiger charge is -2.35. The molecule has 3 aromatic rings. The summed E-state index contributed by atoms with van der Waals surface area (Å²) in [4.78, 5) is 32.8. The zero-order chi connectivity index (χ0) is 28.3. The lowest BCUT2D eigenvalue weighted by Crippen LogP contribution is -2.55. The first-order valence-corrected chi connectivity index (χ1v) is 15.7. The van der Waals surface area contributed by atoms with Gasteiger partial charge in [-0.15, -0.1) is 0 Å². The van der Waals surface area contributed by atoms with Crippen molar-refractivity contribution >= 4 is 32.7 Å². The van der Waals surface area contributed by atoms with Gasteiger partial charge in [-0.3, -0.25) is 14.6 Å². The topological polar surface area (TPSA) is 112 Å². The van der Waals surface area contributed by atoms with E-state index in [0.29, 0.717) is 43.5 Å². The molecule has 1 saturated carbocycles. The maximum absolute atomic E-state index is 13.5. The molecule has 3 atom stereocenters. The van der Waals surface area contributed by atoms with E-state index in [2.05, 4.69) is 46.8 Å². The molecule has 1 aliphatic carbocycles. The molecule has 0 bridgehead atoms. The number of hydrogen-bond donors (Lipinski definition) is 2. The summed E-state index contributed by atoms with van der Waals surface area (Å²) in [6, 6.07) is 17.7. The van der Waals surface area contributed by atoms with Crippen LogP contribution in [-0.2, 0) is 14.8 Å². The zero-order valence-corrected chi connectivity index (χ0v) is 23.9. The molecule has 1 saturated heterocycles. The van der Waals surface area contributed by atoms with Crippen LogP contribution in [0, 0.1) is 6.92 Å². The fraction of sp³-hybridized carbons (Fsp3) is 0.433. The third kappa shape index (κ3) is 6.86. The number of carbonyl (C=O) groups is 2. The summed E-state index contributed by atoms with van der Waals surface area (Å²) in [6.07, 6.45) is 5.01. The highest BCUT2D eigenvalue weighted by Gasteiger charge is 2.37. The van der Waals surface area contributed by atoms with Gasteiger partial charge >= 0.3 is 0 Å². The van der Waals surface area contributed by atoms with Crippen molar-refractivity contribution in [3.8, 4) is 0 Å². The summed E-state index contributed by atoms with van der Waals surface area (Å²) in [7, 11) is -3.30. The highest BCUT2D eigenvalue weighted by Crippen LogP contribution is 2.40. The average Bonchev–Trinajstić information content (AvgIpc) is 3.73. The van der Waals surface area contributed by atoms with Gasteiger partial charge in [-0.05, 0) is 50.4 Å². The zero-order valence-electron chi connectivity index (χ0n) is 23.0. The van der Waals surface area contributed by atoms with Crippen molar-refractivity contribution < 1.29 is 18.0 Å². The molecule has 2 amide bonds. The fourth-order valence-electron chi connectivity index (χ4n) is 5.35. The summed E-state index contributed by atoms with van der Waals surface area (Å²) < 4.78 is 25.2. The van der Waals surface area contributed by atoms with Crippen molar-refractivity contribution in [2.75, 3.05) is 39.0 Å². The Hall–Kier alpha value is -3.34. The maximum Gasteiger partial charge on any atom is 0.253 e. The molecule has 2 aliphatic rings. The van der Waals surface area contributed by atoms with Crippen molar-refractivity contribution in [1.29, 1.82) is 0 Å². The largest absolute Gasteiger partial charge is 0.340 e. The van der Waals surface area contributed by atoms with E-state index in [4.69, 9.17) is 0 Å². The van der Waals surface area contributed by atoms with Crippen LogP contribution in [0.2, 0.25) is 0 Å². The molecule has 2 aromatic carbocycles. The number of rotatable bonds is 10. The van der Waals surface area contributed by atoms with E-state index in [9.17, 15) is 18.0 Å². The lowest BCUT2D eigenvalue weighted by molar-refractivity contribution is -0.134. The van der Waals surface area contributed by atoms with Crippen LogP contribution in [0.15, 0.2) is 60.8 Å². The Bertz CT molecular complexity index is 1470. The number of para-hydroxylation sites is 1. The Morgan fingerprint density at radius 2 is 1.77 bits per heavy atom. The van der Waals surface area contributed by atoms with E-state index < -0.39 is 16.1 Å². The highest BCUT2D eigenvalue weighted by molar-refractivity contribution is 7.88. The third-order valence-electron chi connectivity index (χ3n) is 7.85. The second kappa shape index (κ2) is 12.0. The van der Waals surface area contributed by atoms with Crippen LogP contribution in [-0.4, -0.2) is 85.5 Å². The smallest absolute Gasteiger partial charge is 0.253 e. The minimum atomic E-state index is -3.30. The van der Waals surface area contributed by atoms with Crippen LogP contribution < -0.4 is 10.6 Å². The quantitative estimate of drug-likeness (QED) is 0.367. The number of amides is 2. The SMILES string of the molecule is Cc1ccc([C@@H]2C[C@H]2NCCC[C@H](NC(=O)c2cnc3ccccc3c2)C(=O)N2CCN(S(C)(=O)=O)CC2)cc1. The third-order valence-corrected chi connectivity index (χ3v) is 9.15. The number of nitrogens with zero attached hydrogens (tertiary/aromatic N) is 3. The number of hydrogen-bond acceptors (Lipinski definition) is 6. The van der Waals surface area contributed by atoms with E-state index in [1.54, 1.807) is 11.0 Å². The van der Waals surface area contributed by atoms with Gasteiger partial charge in [0, 0.05) is 49.7 Å². The van der Waals surface area contributed by atoms with Gasteiger partial charge < -0.3 is 15.5 Å².